The molecular weight excluding hydrogens is 244 g/mol. The molecule has 0 aliphatic carbocycles. The highest BCUT2D eigenvalue weighted by Crippen LogP contribution is 2.12. The Labute approximate surface area is 114 Å². The second-order valence-corrected chi connectivity index (χ2v) is 5.63. The first-order chi connectivity index (χ1) is 8.79. The molecule has 1 heterocycles. The van der Waals surface area contributed by atoms with Gasteiger partial charge in [0.25, 0.3) is 0 Å². The average molecular weight is 268 g/mol. The first-order valence-corrected chi connectivity index (χ1v) is 6.49. The van der Waals surface area contributed by atoms with E-state index in [0.717, 1.165) is 5.56 Å². The average Bonchev–Trinajstić information content (AvgIpc) is 2.79. The molecule has 5 heteroatoms. The van der Waals surface area contributed by atoms with Crippen LogP contribution in [-0.4, -0.2) is 36.7 Å². The third kappa shape index (κ3) is 5.79. The van der Waals surface area contributed by atoms with Crippen LogP contribution >= 0.6 is 0 Å². The minimum atomic E-state index is -0.455. The molecule has 1 aromatic heterocycles. The van der Waals surface area contributed by atoms with Crippen molar-refractivity contribution in [1.29, 1.82) is 0 Å². The van der Waals surface area contributed by atoms with Crippen molar-refractivity contribution in [2.24, 2.45) is 0 Å². The maximum Gasteiger partial charge on any atom is 0.410 e. The summed E-state index contributed by atoms with van der Waals surface area (Å²) in [5.41, 5.74) is 0.642. The summed E-state index contributed by atoms with van der Waals surface area (Å²) in [4.78, 5) is 13.3. The number of ether oxygens (including phenoxy) is 1. The predicted octanol–water partition coefficient (Wildman–Crippen LogP) is 2.80. The molecule has 0 saturated heterocycles. The van der Waals surface area contributed by atoms with Crippen LogP contribution in [0.4, 0.5) is 4.79 Å². The number of carbonyl (C=O) groups is 1. The fourth-order valence-electron chi connectivity index (χ4n) is 1.52. The van der Waals surface area contributed by atoms with Crippen LogP contribution in [0.2, 0.25) is 0 Å². The van der Waals surface area contributed by atoms with Crippen LogP contribution in [0.1, 0.15) is 39.3 Å². The highest BCUT2D eigenvalue weighted by molar-refractivity contribution is 5.67. The molecule has 1 amide bonds. The van der Waals surface area contributed by atoms with E-state index in [9.17, 15) is 4.79 Å². The molecule has 0 spiro atoms. The highest BCUT2D eigenvalue weighted by Gasteiger charge is 2.19. The van der Waals surface area contributed by atoms with E-state index in [1.165, 1.54) is 0 Å². The summed E-state index contributed by atoms with van der Waals surface area (Å²) in [6, 6.07) is 2.13. The molecule has 0 aliphatic heterocycles. The summed E-state index contributed by atoms with van der Waals surface area (Å²) in [5, 5.41) is 3.32. The molecule has 0 aliphatic rings. The van der Waals surface area contributed by atoms with E-state index in [1.807, 2.05) is 26.8 Å². The summed E-state index contributed by atoms with van der Waals surface area (Å²) in [7, 11) is 1.73. The van der Waals surface area contributed by atoms with E-state index in [0.29, 0.717) is 13.1 Å². The number of amides is 1. The van der Waals surface area contributed by atoms with Gasteiger partial charge in [0.15, 0.2) is 0 Å². The predicted molar refractivity (Wildman–Crippen MR) is 74.0 cm³/mol. The van der Waals surface area contributed by atoms with E-state index >= 15 is 0 Å². The molecule has 1 rings (SSSR count). The fourth-order valence-corrected chi connectivity index (χ4v) is 1.52. The van der Waals surface area contributed by atoms with Gasteiger partial charge in [0.2, 0.25) is 0 Å². The van der Waals surface area contributed by atoms with Gasteiger partial charge in [-0.05, 0) is 33.8 Å². The molecule has 0 aromatic carbocycles. The lowest BCUT2D eigenvalue weighted by Gasteiger charge is -2.25. The largest absolute Gasteiger partial charge is 0.472 e. The van der Waals surface area contributed by atoms with E-state index in [2.05, 4.69) is 12.2 Å². The van der Waals surface area contributed by atoms with Crippen molar-refractivity contribution < 1.29 is 13.9 Å². The van der Waals surface area contributed by atoms with Gasteiger partial charge in [0, 0.05) is 31.7 Å². The Bertz CT molecular complexity index is 382. The molecule has 0 saturated carbocycles. The Morgan fingerprint density at radius 1 is 1.53 bits per heavy atom. The van der Waals surface area contributed by atoms with Crippen LogP contribution in [0.15, 0.2) is 23.0 Å². The van der Waals surface area contributed by atoms with E-state index < -0.39 is 5.60 Å². The molecule has 1 aromatic rings. The molecule has 1 N–H and O–H groups in total. The third-order valence-corrected chi connectivity index (χ3v) is 2.65. The second kappa shape index (κ2) is 6.61. The molecule has 0 fully saturated rings. The number of nitrogens with zero attached hydrogens (tertiary/aromatic N) is 1. The van der Waals surface area contributed by atoms with Crippen LogP contribution < -0.4 is 5.32 Å². The quantitative estimate of drug-likeness (QED) is 0.892. The van der Waals surface area contributed by atoms with Crippen LogP contribution in [0.25, 0.3) is 0 Å². The van der Waals surface area contributed by atoms with E-state index in [4.69, 9.17) is 9.15 Å². The van der Waals surface area contributed by atoms with Crippen LogP contribution in [-0.2, 0) is 4.74 Å². The zero-order valence-electron chi connectivity index (χ0n) is 12.4. The molecule has 1 unspecified atom stereocenters. The van der Waals surface area contributed by atoms with Gasteiger partial charge in [-0.2, -0.15) is 0 Å². The van der Waals surface area contributed by atoms with Gasteiger partial charge in [0.05, 0.1) is 12.5 Å². The number of hydrogen-bond acceptors (Lipinski definition) is 4. The van der Waals surface area contributed by atoms with Crippen molar-refractivity contribution >= 4 is 6.09 Å². The Morgan fingerprint density at radius 3 is 2.74 bits per heavy atom. The minimum Gasteiger partial charge on any atom is -0.472 e. The highest BCUT2D eigenvalue weighted by atomic mass is 16.6. The third-order valence-electron chi connectivity index (χ3n) is 2.65. The molecule has 0 bridgehead atoms. The van der Waals surface area contributed by atoms with Crippen molar-refractivity contribution in [1.82, 2.24) is 10.2 Å². The van der Waals surface area contributed by atoms with Gasteiger partial charge < -0.3 is 19.4 Å². The molecule has 0 radical (unpaired) electrons. The van der Waals surface area contributed by atoms with Gasteiger partial charge in [-0.3, -0.25) is 0 Å². The molecule has 1 atom stereocenters. The van der Waals surface area contributed by atoms with E-state index in [1.54, 1.807) is 24.5 Å². The number of carbonyl (C=O) groups excluding carboxylic acids is 1. The zero-order valence-corrected chi connectivity index (χ0v) is 12.4. The van der Waals surface area contributed by atoms with Gasteiger partial charge in [-0.15, -0.1) is 0 Å². The smallest absolute Gasteiger partial charge is 0.410 e. The monoisotopic (exact) mass is 268 g/mol. The molecule has 108 valence electrons. The number of hydrogen-bond donors (Lipinski definition) is 1. The lowest BCUT2D eigenvalue weighted by atomic mass is 10.2. The van der Waals surface area contributed by atoms with Crippen molar-refractivity contribution in [3.63, 3.8) is 0 Å². The number of likely N-dealkylation sites (N-methyl/N-ethyl adjacent to an activating group) is 1. The Hall–Kier alpha value is -1.49. The molecular formula is C14H24N2O3. The topological polar surface area (TPSA) is 54.7 Å². The van der Waals surface area contributed by atoms with Gasteiger partial charge in [0.1, 0.15) is 5.60 Å². The standard InChI is InChI=1S/C14H24N2O3/c1-11(12-6-9-18-10-12)15-7-8-16(5)13(17)19-14(2,3)4/h6,9-11,15H,7-8H2,1-5H3. The minimum absolute atomic E-state index is 0.200. The Balaban J connectivity index is 2.27. The Morgan fingerprint density at radius 2 is 2.21 bits per heavy atom. The summed E-state index contributed by atoms with van der Waals surface area (Å²) < 4.78 is 10.3. The van der Waals surface area contributed by atoms with Crippen molar-refractivity contribution in [3.8, 4) is 0 Å². The van der Waals surface area contributed by atoms with Crippen LogP contribution in [0.5, 0.6) is 0 Å². The summed E-state index contributed by atoms with van der Waals surface area (Å²) in [6.45, 7) is 8.92. The van der Waals surface area contributed by atoms with Crippen molar-refractivity contribution in [2.75, 3.05) is 20.1 Å². The first kappa shape index (κ1) is 15.6. The lowest BCUT2D eigenvalue weighted by Crippen LogP contribution is -2.38. The van der Waals surface area contributed by atoms with Crippen molar-refractivity contribution in [3.05, 3.63) is 24.2 Å². The number of nitrogens with one attached hydrogen (secondary N) is 1. The maximum atomic E-state index is 11.7. The molecule has 19 heavy (non-hydrogen) atoms. The van der Waals surface area contributed by atoms with Crippen molar-refractivity contribution in [2.45, 2.75) is 39.3 Å². The first-order valence-electron chi connectivity index (χ1n) is 6.49. The van der Waals surface area contributed by atoms with Crippen LogP contribution in [0.3, 0.4) is 0 Å². The summed E-state index contributed by atoms with van der Waals surface area (Å²) in [6.07, 6.45) is 3.07. The molecule has 5 nitrogen and oxygen atoms in total. The SMILES string of the molecule is CC(NCCN(C)C(=O)OC(C)(C)C)c1ccoc1. The van der Waals surface area contributed by atoms with Gasteiger partial charge in [-0.1, -0.05) is 0 Å². The fraction of sp³-hybridized carbons (Fsp3) is 0.643. The maximum absolute atomic E-state index is 11.7. The number of furan rings is 1. The van der Waals surface area contributed by atoms with E-state index in [-0.39, 0.29) is 12.1 Å². The number of rotatable bonds is 5. The van der Waals surface area contributed by atoms with Crippen LogP contribution in [0, 0.1) is 0 Å². The van der Waals surface area contributed by atoms with Gasteiger partial charge in [-0.25, -0.2) is 4.79 Å². The van der Waals surface area contributed by atoms with Gasteiger partial charge >= 0.3 is 6.09 Å². The second-order valence-electron chi connectivity index (χ2n) is 5.63. The normalized spacial score (nSPS) is 13.1. The summed E-state index contributed by atoms with van der Waals surface area (Å²) >= 11 is 0. The zero-order chi connectivity index (χ0) is 14.5. The Kier molecular flexibility index (Phi) is 5.42. The summed E-state index contributed by atoms with van der Waals surface area (Å²) in [5.74, 6) is 0. The lowest BCUT2D eigenvalue weighted by molar-refractivity contribution is 0.0299.